The van der Waals surface area contributed by atoms with Gasteiger partial charge in [0, 0.05) is 10.6 Å². The van der Waals surface area contributed by atoms with Crippen molar-refractivity contribution < 1.29 is 9.53 Å². The molecule has 2 rings (SSSR count). The van der Waals surface area contributed by atoms with Crippen LogP contribution < -0.4 is 5.73 Å². The number of hydrogen-bond acceptors (Lipinski definition) is 3. The van der Waals surface area contributed by atoms with Crippen molar-refractivity contribution >= 4 is 23.3 Å². The van der Waals surface area contributed by atoms with Crippen LogP contribution in [0.25, 0.3) is 11.1 Å². The fraction of sp³-hybridized carbons (Fsp3) is 0.235. The maximum absolute atomic E-state index is 12.1. The van der Waals surface area contributed by atoms with Crippen molar-refractivity contribution in [3.05, 3.63) is 52.5 Å². The summed E-state index contributed by atoms with van der Waals surface area (Å²) in [6.07, 6.45) is 0.761. The molecule has 2 aromatic rings. The third-order valence-corrected chi connectivity index (χ3v) is 3.35. The molecule has 0 aliphatic carbocycles. The number of rotatable bonds is 4. The van der Waals surface area contributed by atoms with Gasteiger partial charge in [-0.1, -0.05) is 48.4 Å². The number of carbonyl (C=O) groups is 1. The zero-order chi connectivity index (χ0) is 15.4. The van der Waals surface area contributed by atoms with Gasteiger partial charge in [0.05, 0.1) is 17.9 Å². The van der Waals surface area contributed by atoms with Gasteiger partial charge >= 0.3 is 5.97 Å². The van der Waals surface area contributed by atoms with E-state index in [0.717, 1.165) is 23.1 Å². The molecule has 2 aromatic carbocycles. The molecular weight excluding hydrogens is 286 g/mol. The van der Waals surface area contributed by atoms with Crippen molar-refractivity contribution in [1.82, 2.24) is 0 Å². The fourth-order valence-electron chi connectivity index (χ4n) is 2.11. The van der Waals surface area contributed by atoms with Gasteiger partial charge in [0.1, 0.15) is 0 Å². The van der Waals surface area contributed by atoms with Crippen LogP contribution in [-0.2, 0) is 4.74 Å². The second-order valence-corrected chi connectivity index (χ2v) is 5.36. The third kappa shape index (κ3) is 3.56. The van der Waals surface area contributed by atoms with Crippen LogP contribution in [0.5, 0.6) is 0 Å². The van der Waals surface area contributed by atoms with E-state index in [0.29, 0.717) is 22.9 Å². The smallest absolute Gasteiger partial charge is 0.340 e. The van der Waals surface area contributed by atoms with Crippen LogP contribution in [0.4, 0.5) is 5.69 Å². The summed E-state index contributed by atoms with van der Waals surface area (Å²) in [5.41, 5.74) is 9.64. The molecule has 21 heavy (non-hydrogen) atoms. The van der Waals surface area contributed by atoms with Crippen molar-refractivity contribution in [3.63, 3.8) is 0 Å². The number of nitrogen functional groups attached to an aromatic ring is 1. The summed E-state index contributed by atoms with van der Waals surface area (Å²) in [7, 11) is 0. The first-order valence-electron chi connectivity index (χ1n) is 6.86. The lowest BCUT2D eigenvalue weighted by Crippen LogP contribution is -2.10. The maximum Gasteiger partial charge on any atom is 0.340 e. The molecule has 0 fully saturated rings. The molecule has 0 saturated carbocycles. The average Bonchev–Trinajstić information content (AvgIpc) is 2.46. The topological polar surface area (TPSA) is 52.3 Å². The van der Waals surface area contributed by atoms with Gasteiger partial charge in [0.15, 0.2) is 0 Å². The summed E-state index contributed by atoms with van der Waals surface area (Å²) in [6, 6.07) is 11.2. The van der Waals surface area contributed by atoms with Crippen molar-refractivity contribution in [2.45, 2.75) is 20.3 Å². The van der Waals surface area contributed by atoms with Crippen molar-refractivity contribution in [2.24, 2.45) is 0 Å². The van der Waals surface area contributed by atoms with Gasteiger partial charge < -0.3 is 10.5 Å². The van der Waals surface area contributed by atoms with Gasteiger partial charge in [-0.25, -0.2) is 4.79 Å². The zero-order valence-corrected chi connectivity index (χ0v) is 12.9. The van der Waals surface area contributed by atoms with E-state index >= 15 is 0 Å². The standard InChI is InChI=1S/C17H18ClNO2/c1-3-7-21-17(20)15-10-13(18)9-14(16(15)19)12-6-4-5-11(2)8-12/h4-6,8-10H,3,7,19H2,1-2H3. The lowest BCUT2D eigenvalue weighted by Gasteiger charge is -2.12. The van der Waals surface area contributed by atoms with Crippen LogP contribution >= 0.6 is 11.6 Å². The molecule has 0 radical (unpaired) electrons. The summed E-state index contributed by atoms with van der Waals surface area (Å²) in [5, 5.41) is 0.462. The van der Waals surface area contributed by atoms with Gasteiger partial charge in [0.25, 0.3) is 0 Å². The van der Waals surface area contributed by atoms with Crippen molar-refractivity contribution in [1.29, 1.82) is 0 Å². The van der Waals surface area contributed by atoms with Gasteiger partial charge in [0.2, 0.25) is 0 Å². The average molecular weight is 304 g/mol. The van der Waals surface area contributed by atoms with Crippen molar-refractivity contribution in [2.75, 3.05) is 12.3 Å². The fourth-order valence-corrected chi connectivity index (χ4v) is 2.33. The molecule has 0 unspecified atom stereocenters. The van der Waals surface area contributed by atoms with E-state index in [-0.39, 0.29) is 0 Å². The summed E-state index contributed by atoms with van der Waals surface area (Å²) >= 11 is 6.13. The highest BCUT2D eigenvalue weighted by molar-refractivity contribution is 6.31. The molecule has 0 amide bonds. The first-order valence-corrected chi connectivity index (χ1v) is 7.24. The molecule has 0 atom stereocenters. The Morgan fingerprint density at radius 3 is 2.71 bits per heavy atom. The lowest BCUT2D eigenvalue weighted by atomic mass is 9.99. The van der Waals surface area contributed by atoms with Gasteiger partial charge in [-0.2, -0.15) is 0 Å². The number of anilines is 1. The van der Waals surface area contributed by atoms with Crippen LogP contribution in [0.1, 0.15) is 29.3 Å². The highest BCUT2D eigenvalue weighted by Gasteiger charge is 2.16. The molecule has 4 heteroatoms. The van der Waals surface area contributed by atoms with E-state index in [1.807, 2.05) is 38.1 Å². The molecule has 0 aromatic heterocycles. The van der Waals surface area contributed by atoms with Crippen LogP contribution in [0.3, 0.4) is 0 Å². The van der Waals surface area contributed by atoms with Gasteiger partial charge in [-0.3, -0.25) is 0 Å². The van der Waals surface area contributed by atoms with E-state index < -0.39 is 5.97 Å². The number of halogens is 1. The Morgan fingerprint density at radius 2 is 2.05 bits per heavy atom. The maximum atomic E-state index is 12.1. The Morgan fingerprint density at radius 1 is 1.29 bits per heavy atom. The molecule has 110 valence electrons. The Hall–Kier alpha value is -2.00. The van der Waals surface area contributed by atoms with Crippen LogP contribution in [-0.4, -0.2) is 12.6 Å². The predicted octanol–water partition coefficient (Wildman–Crippen LogP) is 4.46. The molecule has 0 heterocycles. The first-order chi connectivity index (χ1) is 10.0. The Labute approximate surface area is 129 Å². The third-order valence-electron chi connectivity index (χ3n) is 3.13. The molecule has 0 bridgehead atoms. The van der Waals surface area contributed by atoms with Crippen LogP contribution in [0, 0.1) is 6.92 Å². The quantitative estimate of drug-likeness (QED) is 0.670. The molecule has 0 saturated heterocycles. The molecule has 0 aliphatic rings. The van der Waals surface area contributed by atoms with E-state index in [1.165, 1.54) is 0 Å². The summed E-state index contributed by atoms with van der Waals surface area (Å²) in [6.45, 7) is 4.30. The van der Waals surface area contributed by atoms with E-state index in [2.05, 4.69) is 0 Å². The van der Waals surface area contributed by atoms with E-state index in [4.69, 9.17) is 22.1 Å². The predicted molar refractivity (Wildman–Crippen MR) is 86.6 cm³/mol. The second-order valence-electron chi connectivity index (χ2n) is 4.92. The van der Waals surface area contributed by atoms with E-state index in [9.17, 15) is 4.79 Å². The first kappa shape index (κ1) is 15.4. The highest BCUT2D eigenvalue weighted by atomic mass is 35.5. The van der Waals surface area contributed by atoms with E-state index in [1.54, 1.807) is 12.1 Å². The number of aryl methyl sites for hydroxylation is 1. The van der Waals surface area contributed by atoms with Crippen molar-refractivity contribution in [3.8, 4) is 11.1 Å². The Bertz CT molecular complexity index is 668. The SMILES string of the molecule is CCCOC(=O)c1cc(Cl)cc(-c2cccc(C)c2)c1N. The number of benzene rings is 2. The number of ether oxygens (including phenoxy) is 1. The lowest BCUT2D eigenvalue weighted by molar-refractivity contribution is 0.0506. The van der Waals surface area contributed by atoms with Crippen LogP contribution in [0.15, 0.2) is 36.4 Å². The summed E-state index contributed by atoms with van der Waals surface area (Å²) < 4.78 is 5.15. The minimum Gasteiger partial charge on any atom is -0.462 e. The summed E-state index contributed by atoms with van der Waals surface area (Å²) in [4.78, 5) is 12.1. The Balaban J connectivity index is 2.48. The van der Waals surface area contributed by atoms with Gasteiger partial charge in [-0.15, -0.1) is 0 Å². The number of hydrogen-bond donors (Lipinski definition) is 1. The zero-order valence-electron chi connectivity index (χ0n) is 12.2. The summed E-state index contributed by atoms with van der Waals surface area (Å²) in [5.74, 6) is -0.439. The molecule has 2 N–H and O–H groups in total. The molecule has 3 nitrogen and oxygen atoms in total. The number of carbonyl (C=O) groups excluding carboxylic acids is 1. The monoisotopic (exact) mass is 303 g/mol. The number of nitrogens with two attached hydrogens (primary N) is 1. The van der Waals surface area contributed by atoms with Crippen LogP contribution in [0.2, 0.25) is 5.02 Å². The normalized spacial score (nSPS) is 10.4. The largest absolute Gasteiger partial charge is 0.462 e. The number of esters is 1. The molecule has 0 aliphatic heterocycles. The Kier molecular flexibility index (Phi) is 4.86. The minimum atomic E-state index is -0.439. The highest BCUT2D eigenvalue weighted by Crippen LogP contribution is 2.33. The minimum absolute atomic E-state index is 0.312. The molecule has 0 spiro atoms. The van der Waals surface area contributed by atoms with Gasteiger partial charge in [-0.05, 0) is 31.0 Å². The molecular formula is C17H18ClNO2. The second kappa shape index (κ2) is 6.64.